The average Bonchev–Trinajstić information content (AvgIpc) is 3.77. The quantitative estimate of drug-likeness (QED) is 0.176. The van der Waals surface area contributed by atoms with Crippen LogP contribution >= 0.6 is 0 Å². The van der Waals surface area contributed by atoms with Crippen LogP contribution in [0.15, 0.2) is 79.1 Å². The molecule has 0 saturated carbocycles. The lowest BCUT2D eigenvalue weighted by atomic mass is 9.98. The normalized spacial score (nSPS) is 19.8. The van der Waals surface area contributed by atoms with E-state index in [1.54, 1.807) is 11.0 Å². The number of piperidine rings is 3. The van der Waals surface area contributed by atoms with Crippen molar-refractivity contribution in [3.8, 4) is 34.6 Å². The highest BCUT2D eigenvalue weighted by Gasteiger charge is 2.39. The molecular formula is C43H43N9O4. The van der Waals surface area contributed by atoms with Crippen LogP contribution in [0.5, 0.6) is 11.5 Å². The Balaban J connectivity index is 0.782. The smallest absolute Gasteiger partial charge is 0.255 e. The molecule has 0 aliphatic carbocycles. The highest BCUT2D eigenvalue weighted by Crippen LogP contribution is 2.36. The minimum absolute atomic E-state index is 0.169. The van der Waals surface area contributed by atoms with Gasteiger partial charge in [0.2, 0.25) is 11.8 Å². The molecular weight excluding hydrogens is 707 g/mol. The highest BCUT2D eigenvalue weighted by atomic mass is 16.5. The molecule has 3 saturated heterocycles. The second-order valence-corrected chi connectivity index (χ2v) is 15.0. The third kappa shape index (κ3) is 7.09. The number of carbonyl (C=O) groups is 3. The zero-order valence-corrected chi connectivity index (χ0v) is 31.1. The molecule has 3 fully saturated rings. The number of hydrogen-bond donors (Lipinski definition) is 2. The van der Waals surface area contributed by atoms with Crippen molar-refractivity contribution in [2.45, 2.75) is 63.2 Å². The summed E-state index contributed by atoms with van der Waals surface area (Å²) >= 11 is 0. The van der Waals surface area contributed by atoms with Crippen molar-refractivity contribution in [2.24, 2.45) is 0 Å². The Bertz CT molecular complexity index is 2350. The summed E-state index contributed by atoms with van der Waals surface area (Å²) in [7, 11) is 0. The number of amides is 3. The Morgan fingerprint density at radius 2 is 1.59 bits per heavy atom. The Labute approximate surface area is 324 Å². The fourth-order valence-electron chi connectivity index (χ4n) is 8.60. The summed E-state index contributed by atoms with van der Waals surface area (Å²) in [6, 6.07) is 23.4. The molecule has 1 atom stereocenters. The molecule has 6 heterocycles. The molecule has 3 amide bonds. The Morgan fingerprint density at radius 3 is 2.36 bits per heavy atom. The first-order valence-electron chi connectivity index (χ1n) is 19.4. The number of hydrogen-bond acceptors (Lipinski definition) is 10. The van der Waals surface area contributed by atoms with Gasteiger partial charge in [0.1, 0.15) is 35.4 Å². The number of ether oxygens (including phenoxy) is 1. The number of fused-ring (bicyclic) bond motifs is 2. The summed E-state index contributed by atoms with van der Waals surface area (Å²) < 4.78 is 8.08. The fraction of sp³-hybridized carbons (Fsp3) is 0.349. The van der Waals surface area contributed by atoms with Gasteiger partial charge in [-0.15, -0.1) is 0 Å². The first-order valence-corrected chi connectivity index (χ1v) is 19.4. The molecule has 13 heteroatoms. The number of nitrogens with two attached hydrogens (primary N) is 1. The number of imide groups is 1. The molecule has 3 aromatic carbocycles. The maximum Gasteiger partial charge on any atom is 0.255 e. The molecule has 13 nitrogen and oxygen atoms in total. The summed E-state index contributed by atoms with van der Waals surface area (Å²) in [4.78, 5) is 52.6. The van der Waals surface area contributed by atoms with Crippen molar-refractivity contribution in [3.05, 3.63) is 95.8 Å². The van der Waals surface area contributed by atoms with Crippen LogP contribution in [0.3, 0.4) is 0 Å². The summed E-state index contributed by atoms with van der Waals surface area (Å²) in [5, 5.41) is 8.26. The summed E-state index contributed by atoms with van der Waals surface area (Å²) in [6.07, 6.45) is 6.28. The highest BCUT2D eigenvalue weighted by molar-refractivity contribution is 6.05. The number of para-hydroxylation sites is 1. The van der Waals surface area contributed by atoms with Crippen LogP contribution in [0.1, 0.15) is 66.1 Å². The van der Waals surface area contributed by atoms with Crippen LogP contribution in [0.4, 0.5) is 5.82 Å². The summed E-state index contributed by atoms with van der Waals surface area (Å²) in [5.74, 6) is 7.75. The van der Waals surface area contributed by atoms with Crippen molar-refractivity contribution < 1.29 is 19.1 Å². The van der Waals surface area contributed by atoms with Gasteiger partial charge in [0.05, 0.1) is 18.0 Å². The lowest BCUT2D eigenvalue weighted by Gasteiger charge is -2.41. The van der Waals surface area contributed by atoms with Gasteiger partial charge in [-0.2, -0.15) is 5.10 Å². The molecule has 2 aromatic heterocycles. The van der Waals surface area contributed by atoms with Crippen molar-refractivity contribution >= 4 is 34.6 Å². The molecule has 56 heavy (non-hydrogen) atoms. The Morgan fingerprint density at radius 1 is 0.839 bits per heavy atom. The lowest BCUT2D eigenvalue weighted by Crippen LogP contribution is -2.52. The summed E-state index contributed by atoms with van der Waals surface area (Å²) in [5.41, 5.74) is 11.3. The van der Waals surface area contributed by atoms with E-state index >= 15 is 0 Å². The first kappa shape index (κ1) is 35.6. The molecule has 0 radical (unpaired) electrons. The van der Waals surface area contributed by atoms with Gasteiger partial charge in [-0.25, -0.2) is 14.6 Å². The average molecular weight is 750 g/mol. The summed E-state index contributed by atoms with van der Waals surface area (Å²) in [6.45, 7) is 5.04. The van der Waals surface area contributed by atoms with Gasteiger partial charge in [-0.3, -0.25) is 24.6 Å². The Kier molecular flexibility index (Phi) is 9.66. The van der Waals surface area contributed by atoms with Crippen molar-refractivity contribution in [2.75, 3.05) is 38.5 Å². The number of carbonyl (C=O) groups excluding carboxylic acids is 3. The van der Waals surface area contributed by atoms with Crippen LogP contribution in [0.25, 0.3) is 22.3 Å². The van der Waals surface area contributed by atoms with Crippen molar-refractivity contribution in [1.82, 2.24) is 39.8 Å². The van der Waals surface area contributed by atoms with E-state index in [9.17, 15) is 14.4 Å². The number of likely N-dealkylation sites (tertiary alicyclic amines) is 2. The van der Waals surface area contributed by atoms with Gasteiger partial charge < -0.3 is 20.3 Å². The van der Waals surface area contributed by atoms with Crippen LogP contribution in [-0.2, 0) is 16.1 Å². The number of anilines is 1. The second kappa shape index (κ2) is 15.2. The first-order chi connectivity index (χ1) is 27.4. The van der Waals surface area contributed by atoms with Gasteiger partial charge in [0.15, 0.2) is 5.65 Å². The van der Waals surface area contributed by atoms with Gasteiger partial charge in [0, 0.05) is 61.9 Å². The van der Waals surface area contributed by atoms with E-state index in [1.807, 2.05) is 66.7 Å². The molecule has 3 N–H and O–H groups in total. The largest absolute Gasteiger partial charge is 0.457 e. The van der Waals surface area contributed by atoms with E-state index in [0.717, 1.165) is 96.8 Å². The number of rotatable bonds is 7. The predicted molar refractivity (Wildman–Crippen MR) is 210 cm³/mol. The van der Waals surface area contributed by atoms with E-state index < -0.39 is 11.9 Å². The van der Waals surface area contributed by atoms with E-state index in [-0.39, 0.29) is 24.3 Å². The van der Waals surface area contributed by atoms with Crippen LogP contribution in [-0.4, -0.2) is 97.0 Å². The zero-order chi connectivity index (χ0) is 38.2. The molecule has 9 rings (SSSR count). The lowest BCUT2D eigenvalue weighted by molar-refractivity contribution is -0.136. The second-order valence-electron chi connectivity index (χ2n) is 15.0. The Hall–Kier alpha value is -6.10. The SMILES string of the molecule is Nc1ncnc2c1c(-c1ccc(Oc3ccccc3)cc1)nn2C1CCN(C2CCN(CC#Cc3ccc4c(c3)CN(C3CCC(=O)NC3=O)C4=O)CC2)CC1. The van der Waals surface area contributed by atoms with Crippen LogP contribution in [0, 0.1) is 11.8 Å². The van der Waals surface area contributed by atoms with Crippen molar-refractivity contribution in [1.29, 1.82) is 0 Å². The molecule has 4 aliphatic heterocycles. The maximum atomic E-state index is 13.0. The third-order valence-electron chi connectivity index (χ3n) is 11.6. The van der Waals surface area contributed by atoms with E-state index in [2.05, 4.69) is 41.6 Å². The monoisotopic (exact) mass is 749 g/mol. The minimum Gasteiger partial charge on any atom is -0.457 e. The van der Waals surface area contributed by atoms with E-state index in [0.29, 0.717) is 36.9 Å². The standard InChI is InChI=1S/C43H43N9O4/c44-40-38-39(29-9-11-34(12-10-29)56-33-6-2-1-3-7-33)48-52(41(38)46-27-45-40)32-18-23-50(24-19-32)31-16-21-49(22-17-31)20-4-5-28-8-13-35-30(25-28)26-51(43(35)55)36-14-15-37(53)47-42(36)54/h1-3,6-13,25,27,31-32,36H,14-24,26H2,(H2,44,45,46)(H,47,53,54). The zero-order valence-electron chi connectivity index (χ0n) is 31.1. The van der Waals surface area contributed by atoms with E-state index in [4.69, 9.17) is 15.6 Å². The van der Waals surface area contributed by atoms with Gasteiger partial charge in [-0.1, -0.05) is 30.0 Å². The number of nitrogens with zero attached hydrogens (tertiary/aromatic N) is 7. The van der Waals surface area contributed by atoms with Gasteiger partial charge in [0.25, 0.3) is 5.91 Å². The molecule has 1 unspecified atom stereocenters. The van der Waals surface area contributed by atoms with Gasteiger partial charge >= 0.3 is 0 Å². The maximum absolute atomic E-state index is 13.0. The third-order valence-corrected chi connectivity index (χ3v) is 11.6. The van der Waals surface area contributed by atoms with Gasteiger partial charge in [-0.05, 0) is 92.3 Å². The molecule has 5 aromatic rings. The molecule has 4 aliphatic rings. The molecule has 284 valence electrons. The number of benzene rings is 3. The topological polar surface area (TPSA) is 152 Å². The number of nitrogen functional groups attached to an aromatic ring is 1. The molecule has 0 spiro atoms. The van der Waals surface area contributed by atoms with Crippen molar-refractivity contribution in [3.63, 3.8) is 0 Å². The molecule has 0 bridgehead atoms. The van der Waals surface area contributed by atoms with E-state index in [1.165, 1.54) is 6.33 Å². The van der Waals surface area contributed by atoms with Crippen LogP contribution in [0.2, 0.25) is 0 Å². The van der Waals surface area contributed by atoms with Crippen LogP contribution < -0.4 is 15.8 Å². The predicted octanol–water partition coefficient (Wildman–Crippen LogP) is 4.78. The fourth-order valence-corrected chi connectivity index (χ4v) is 8.60. The number of nitrogens with one attached hydrogen (secondary N) is 1. The number of aromatic nitrogens is 4. The minimum atomic E-state index is -0.618.